The molecule has 3 aliphatic rings. The molecule has 1 saturated heterocycles. The summed E-state index contributed by atoms with van der Waals surface area (Å²) in [6, 6.07) is 5.49. The summed E-state index contributed by atoms with van der Waals surface area (Å²) in [5.74, 6) is -1.05. The molecule has 2 atom stereocenters. The minimum Gasteiger partial charge on any atom is -0.459 e. The molecule has 3 heterocycles. The molecule has 33 heavy (non-hydrogen) atoms. The zero-order valence-corrected chi connectivity index (χ0v) is 19.8. The first-order valence-corrected chi connectivity index (χ1v) is 12.0. The van der Waals surface area contributed by atoms with Crippen LogP contribution in [0.5, 0.6) is 0 Å². The molecule has 7 nitrogen and oxygen atoms in total. The van der Waals surface area contributed by atoms with Crippen LogP contribution in [0.1, 0.15) is 51.6 Å². The molecule has 0 spiro atoms. The van der Waals surface area contributed by atoms with Gasteiger partial charge in [-0.1, -0.05) is 23.9 Å². The Morgan fingerprint density at radius 1 is 1.39 bits per heavy atom. The number of amidine groups is 1. The number of fused-ring (bicyclic) bond motifs is 1. The topological polar surface area (TPSA) is 80.2 Å². The van der Waals surface area contributed by atoms with Crippen molar-refractivity contribution in [1.29, 1.82) is 0 Å². The fourth-order valence-corrected chi connectivity index (χ4v) is 5.12. The Morgan fingerprint density at radius 3 is 2.91 bits per heavy atom. The molecule has 0 aliphatic carbocycles. The number of ether oxygens (including phenoxy) is 2. The van der Waals surface area contributed by atoms with Crippen LogP contribution < -0.4 is 5.32 Å². The maximum absolute atomic E-state index is 14.2. The number of thioether (sulfide) groups is 1. The van der Waals surface area contributed by atoms with Crippen LogP contribution in [0.2, 0.25) is 0 Å². The van der Waals surface area contributed by atoms with Gasteiger partial charge < -0.3 is 19.7 Å². The number of amides is 1. The monoisotopic (exact) mass is 473 g/mol. The van der Waals surface area contributed by atoms with E-state index in [-0.39, 0.29) is 24.5 Å². The van der Waals surface area contributed by atoms with Gasteiger partial charge in [-0.2, -0.15) is 0 Å². The van der Waals surface area contributed by atoms with Crippen LogP contribution in [0.4, 0.5) is 4.39 Å². The summed E-state index contributed by atoms with van der Waals surface area (Å²) in [5.41, 5.74) is 2.14. The Morgan fingerprint density at radius 2 is 2.21 bits per heavy atom. The molecule has 3 aliphatic heterocycles. The lowest BCUT2D eigenvalue weighted by molar-refractivity contribution is -0.143. The van der Waals surface area contributed by atoms with E-state index in [2.05, 4.69) is 10.3 Å². The SMILES string of the molecule is CC1=C(C(=O)OC(C)C)[C@H](c2cccc(F)c2)N2C(CC(=O)NC[C@H]3CCCO3)=CSC2=N1. The van der Waals surface area contributed by atoms with E-state index in [1.807, 2.05) is 10.3 Å². The molecule has 1 aromatic carbocycles. The standard InChI is InChI=1S/C24H28FN3O4S/c1-14(2)32-23(30)21-15(3)27-24-28(22(21)16-6-4-7-17(25)10-16)18(13-33-24)11-20(29)26-12-19-8-5-9-31-19/h4,6-7,10,13-14,19,22H,5,8-9,11-12H2,1-3H3,(H,26,29)/t19-,22+/m1/s1. The lowest BCUT2D eigenvalue weighted by Gasteiger charge is -2.36. The summed E-state index contributed by atoms with van der Waals surface area (Å²) < 4.78 is 25.2. The average molecular weight is 474 g/mol. The normalized spacial score (nSPS) is 22.3. The van der Waals surface area contributed by atoms with Crippen molar-refractivity contribution < 1.29 is 23.5 Å². The van der Waals surface area contributed by atoms with Crippen molar-refractivity contribution in [2.45, 2.75) is 58.3 Å². The molecule has 1 N–H and O–H groups in total. The summed E-state index contributed by atoms with van der Waals surface area (Å²) in [6.07, 6.45) is 1.79. The van der Waals surface area contributed by atoms with E-state index in [0.717, 1.165) is 19.4 Å². The van der Waals surface area contributed by atoms with Crippen molar-refractivity contribution >= 4 is 28.8 Å². The first-order chi connectivity index (χ1) is 15.8. The summed E-state index contributed by atoms with van der Waals surface area (Å²) >= 11 is 1.38. The molecule has 1 amide bonds. The van der Waals surface area contributed by atoms with Crippen LogP contribution in [0.15, 0.2) is 51.6 Å². The summed E-state index contributed by atoms with van der Waals surface area (Å²) in [5, 5.41) is 5.44. The molecular weight excluding hydrogens is 445 g/mol. The molecule has 0 aromatic heterocycles. The van der Waals surface area contributed by atoms with Crippen molar-refractivity contribution in [2.75, 3.05) is 13.2 Å². The molecule has 0 bridgehead atoms. The maximum Gasteiger partial charge on any atom is 0.338 e. The molecule has 1 aromatic rings. The van der Waals surface area contributed by atoms with Gasteiger partial charge in [0.1, 0.15) is 5.82 Å². The predicted molar refractivity (Wildman–Crippen MR) is 125 cm³/mol. The number of hydrogen-bond donors (Lipinski definition) is 1. The van der Waals surface area contributed by atoms with Gasteiger partial charge >= 0.3 is 5.97 Å². The summed E-state index contributed by atoms with van der Waals surface area (Å²) in [4.78, 5) is 32.2. The lowest BCUT2D eigenvalue weighted by Crippen LogP contribution is -2.39. The molecule has 0 unspecified atom stereocenters. The number of benzene rings is 1. The van der Waals surface area contributed by atoms with Gasteiger partial charge in [-0.3, -0.25) is 4.79 Å². The molecule has 0 radical (unpaired) electrons. The first kappa shape index (κ1) is 23.5. The van der Waals surface area contributed by atoms with Crippen LogP contribution in [0.3, 0.4) is 0 Å². The number of aliphatic imine (C=N–C) groups is 1. The number of hydrogen-bond acceptors (Lipinski definition) is 7. The number of esters is 1. The highest BCUT2D eigenvalue weighted by atomic mass is 32.2. The quantitative estimate of drug-likeness (QED) is 0.602. The van der Waals surface area contributed by atoms with Crippen molar-refractivity contribution in [2.24, 2.45) is 4.99 Å². The zero-order valence-electron chi connectivity index (χ0n) is 19.0. The van der Waals surface area contributed by atoms with Gasteiger partial charge in [-0.25, -0.2) is 14.2 Å². The van der Waals surface area contributed by atoms with Crippen LogP contribution in [-0.2, 0) is 19.1 Å². The number of halogens is 1. The van der Waals surface area contributed by atoms with Crippen LogP contribution in [0, 0.1) is 5.82 Å². The Bertz CT molecular complexity index is 1030. The number of nitrogens with zero attached hydrogens (tertiary/aromatic N) is 2. The van der Waals surface area contributed by atoms with E-state index in [1.165, 1.54) is 23.9 Å². The highest BCUT2D eigenvalue weighted by Crippen LogP contribution is 2.45. The second-order valence-electron chi connectivity index (χ2n) is 8.52. The van der Waals surface area contributed by atoms with E-state index >= 15 is 0 Å². The fourth-order valence-electron chi connectivity index (χ4n) is 4.16. The minimum atomic E-state index is -0.647. The van der Waals surface area contributed by atoms with Gasteiger partial charge in [-0.05, 0) is 56.7 Å². The van der Waals surface area contributed by atoms with Crippen molar-refractivity contribution in [3.63, 3.8) is 0 Å². The van der Waals surface area contributed by atoms with E-state index in [4.69, 9.17) is 9.47 Å². The molecule has 176 valence electrons. The Labute approximate surface area is 197 Å². The van der Waals surface area contributed by atoms with Crippen LogP contribution in [0.25, 0.3) is 0 Å². The van der Waals surface area contributed by atoms with E-state index in [0.29, 0.717) is 34.2 Å². The molecule has 4 rings (SSSR count). The third-order valence-electron chi connectivity index (χ3n) is 5.62. The number of carbonyl (C=O) groups excluding carboxylic acids is 2. The van der Waals surface area contributed by atoms with Gasteiger partial charge in [-0.15, -0.1) is 0 Å². The Hall–Kier alpha value is -2.65. The molecule has 0 saturated carbocycles. The lowest BCUT2D eigenvalue weighted by atomic mass is 9.93. The molecule has 9 heteroatoms. The summed E-state index contributed by atoms with van der Waals surface area (Å²) in [6.45, 7) is 6.50. The Balaban J connectivity index is 1.61. The molecular formula is C24H28FN3O4S. The van der Waals surface area contributed by atoms with Gasteiger partial charge in [0.25, 0.3) is 0 Å². The van der Waals surface area contributed by atoms with Gasteiger partial charge in [0.15, 0.2) is 5.17 Å². The average Bonchev–Trinajstić information content (AvgIpc) is 3.41. The number of nitrogens with one attached hydrogen (secondary N) is 1. The van der Waals surface area contributed by atoms with E-state index in [1.54, 1.807) is 32.9 Å². The minimum absolute atomic E-state index is 0.0519. The second-order valence-corrected chi connectivity index (χ2v) is 9.35. The predicted octanol–water partition coefficient (Wildman–Crippen LogP) is 4.04. The van der Waals surface area contributed by atoms with Gasteiger partial charge in [0.05, 0.1) is 35.9 Å². The number of rotatable bonds is 7. The highest BCUT2D eigenvalue weighted by Gasteiger charge is 2.41. The third kappa shape index (κ3) is 5.30. The first-order valence-electron chi connectivity index (χ1n) is 11.1. The number of allylic oxidation sites excluding steroid dienone is 1. The smallest absolute Gasteiger partial charge is 0.338 e. The van der Waals surface area contributed by atoms with Crippen molar-refractivity contribution in [1.82, 2.24) is 10.2 Å². The van der Waals surface area contributed by atoms with Crippen molar-refractivity contribution in [3.05, 3.63) is 58.0 Å². The number of carbonyl (C=O) groups is 2. The summed E-state index contributed by atoms with van der Waals surface area (Å²) in [7, 11) is 0. The Kier molecular flexibility index (Phi) is 7.19. The highest BCUT2D eigenvalue weighted by molar-refractivity contribution is 8.16. The van der Waals surface area contributed by atoms with E-state index < -0.39 is 17.8 Å². The molecule has 1 fully saturated rings. The zero-order chi connectivity index (χ0) is 23.5. The van der Waals surface area contributed by atoms with Crippen LogP contribution in [-0.4, -0.2) is 47.3 Å². The third-order valence-corrected chi connectivity index (χ3v) is 6.51. The largest absolute Gasteiger partial charge is 0.459 e. The van der Waals surface area contributed by atoms with Crippen LogP contribution >= 0.6 is 11.8 Å². The second kappa shape index (κ2) is 10.1. The van der Waals surface area contributed by atoms with Gasteiger partial charge in [0.2, 0.25) is 5.91 Å². The fraction of sp³-hybridized carbons (Fsp3) is 0.458. The van der Waals surface area contributed by atoms with Gasteiger partial charge in [0, 0.05) is 18.8 Å². The maximum atomic E-state index is 14.2. The van der Waals surface area contributed by atoms with Crippen molar-refractivity contribution in [3.8, 4) is 0 Å². The van der Waals surface area contributed by atoms with E-state index in [9.17, 15) is 14.0 Å².